The standard InChI is InChI=1S/C20H22N2O2S/c1-14(2)13-22-11-10-16-12-17(6-9-19(16)22)21-20(23)15-4-7-18(8-5-15)25(3)24/h4-12,14H,13H2,1-3H3,(H,21,23). The largest absolute Gasteiger partial charge is 0.347 e. The van der Waals surface area contributed by atoms with E-state index in [9.17, 15) is 9.00 Å². The first-order valence-corrected chi connectivity index (χ1v) is 9.83. The fourth-order valence-corrected chi connectivity index (χ4v) is 3.35. The number of benzene rings is 2. The number of aromatic nitrogens is 1. The van der Waals surface area contributed by atoms with Gasteiger partial charge >= 0.3 is 0 Å². The van der Waals surface area contributed by atoms with E-state index in [-0.39, 0.29) is 5.91 Å². The fraction of sp³-hybridized carbons (Fsp3) is 0.250. The Morgan fingerprint density at radius 2 is 1.84 bits per heavy atom. The molecule has 3 rings (SSSR count). The maximum absolute atomic E-state index is 12.4. The molecule has 0 spiro atoms. The smallest absolute Gasteiger partial charge is 0.255 e. The first-order chi connectivity index (χ1) is 11.9. The molecule has 1 atom stereocenters. The van der Waals surface area contributed by atoms with Crippen LogP contribution in [0.1, 0.15) is 24.2 Å². The van der Waals surface area contributed by atoms with Crippen molar-refractivity contribution in [3.05, 3.63) is 60.3 Å². The Morgan fingerprint density at radius 1 is 1.12 bits per heavy atom. The second-order valence-electron chi connectivity index (χ2n) is 6.57. The number of amides is 1. The van der Waals surface area contributed by atoms with E-state index in [0.717, 1.165) is 17.6 Å². The number of fused-ring (bicyclic) bond motifs is 1. The van der Waals surface area contributed by atoms with Crippen LogP contribution in [0, 0.1) is 5.92 Å². The average Bonchev–Trinajstić information content (AvgIpc) is 2.96. The summed E-state index contributed by atoms with van der Waals surface area (Å²) >= 11 is 0. The van der Waals surface area contributed by atoms with E-state index in [2.05, 4.69) is 36.0 Å². The van der Waals surface area contributed by atoms with Gasteiger partial charge in [0.05, 0.1) is 0 Å². The summed E-state index contributed by atoms with van der Waals surface area (Å²) < 4.78 is 13.7. The zero-order valence-corrected chi connectivity index (χ0v) is 15.5. The van der Waals surface area contributed by atoms with Gasteiger partial charge in [-0.3, -0.25) is 9.00 Å². The van der Waals surface area contributed by atoms with Crippen LogP contribution in [-0.4, -0.2) is 20.9 Å². The lowest BCUT2D eigenvalue weighted by Crippen LogP contribution is -2.11. The molecule has 0 fully saturated rings. The van der Waals surface area contributed by atoms with Crippen LogP contribution in [0.5, 0.6) is 0 Å². The molecule has 1 aromatic heterocycles. The first-order valence-electron chi connectivity index (χ1n) is 8.28. The second-order valence-corrected chi connectivity index (χ2v) is 7.95. The maximum atomic E-state index is 12.4. The molecule has 5 heteroatoms. The molecule has 0 aliphatic rings. The maximum Gasteiger partial charge on any atom is 0.255 e. The van der Waals surface area contributed by atoms with Crippen LogP contribution in [0.2, 0.25) is 0 Å². The minimum absolute atomic E-state index is 0.172. The summed E-state index contributed by atoms with van der Waals surface area (Å²) in [6.07, 6.45) is 3.70. The summed E-state index contributed by atoms with van der Waals surface area (Å²) in [4.78, 5) is 13.1. The lowest BCUT2D eigenvalue weighted by molar-refractivity contribution is 0.102. The van der Waals surface area contributed by atoms with Gasteiger partial charge in [-0.1, -0.05) is 13.8 Å². The van der Waals surface area contributed by atoms with Gasteiger partial charge in [0, 0.05) is 56.8 Å². The third kappa shape index (κ3) is 3.99. The van der Waals surface area contributed by atoms with Gasteiger partial charge < -0.3 is 9.88 Å². The summed E-state index contributed by atoms with van der Waals surface area (Å²) in [5.41, 5.74) is 2.48. The summed E-state index contributed by atoms with van der Waals surface area (Å²) in [6.45, 7) is 5.36. The number of carbonyl (C=O) groups is 1. The van der Waals surface area contributed by atoms with Crippen LogP contribution in [0.3, 0.4) is 0 Å². The Hall–Kier alpha value is -2.40. The Morgan fingerprint density at radius 3 is 2.48 bits per heavy atom. The molecule has 0 aliphatic carbocycles. The lowest BCUT2D eigenvalue weighted by Gasteiger charge is -2.09. The van der Waals surface area contributed by atoms with Gasteiger partial charge in [0.1, 0.15) is 0 Å². The number of hydrogen-bond acceptors (Lipinski definition) is 2. The van der Waals surface area contributed by atoms with Gasteiger partial charge in [0.25, 0.3) is 5.91 Å². The number of hydrogen-bond donors (Lipinski definition) is 1. The highest BCUT2D eigenvalue weighted by molar-refractivity contribution is 7.84. The molecule has 1 heterocycles. The predicted molar refractivity (Wildman–Crippen MR) is 104 cm³/mol. The van der Waals surface area contributed by atoms with Gasteiger partial charge in [0.2, 0.25) is 0 Å². The molecule has 1 unspecified atom stereocenters. The monoisotopic (exact) mass is 354 g/mol. The molecule has 0 bridgehead atoms. The molecular weight excluding hydrogens is 332 g/mol. The van der Waals surface area contributed by atoms with E-state index in [1.165, 1.54) is 5.52 Å². The van der Waals surface area contributed by atoms with Gasteiger partial charge in [-0.25, -0.2) is 0 Å². The predicted octanol–water partition coefficient (Wildman–Crippen LogP) is 4.29. The molecule has 1 N–H and O–H groups in total. The van der Waals surface area contributed by atoms with Crippen LogP contribution in [-0.2, 0) is 17.3 Å². The Kier molecular flexibility index (Phi) is 5.04. The molecule has 0 saturated heterocycles. The quantitative estimate of drug-likeness (QED) is 0.743. The highest BCUT2D eigenvalue weighted by Gasteiger charge is 2.09. The van der Waals surface area contributed by atoms with Gasteiger partial charge in [-0.15, -0.1) is 0 Å². The van der Waals surface area contributed by atoms with Crippen LogP contribution in [0.4, 0.5) is 5.69 Å². The van der Waals surface area contributed by atoms with Crippen molar-refractivity contribution >= 4 is 33.3 Å². The summed E-state index contributed by atoms with van der Waals surface area (Å²) in [7, 11) is -1.04. The molecule has 25 heavy (non-hydrogen) atoms. The van der Waals surface area contributed by atoms with Crippen molar-refractivity contribution in [2.75, 3.05) is 11.6 Å². The zero-order chi connectivity index (χ0) is 18.0. The summed E-state index contributed by atoms with van der Waals surface area (Å²) in [5.74, 6) is 0.407. The van der Waals surface area contributed by atoms with Crippen molar-refractivity contribution in [3.63, 3.8) is 0 Å². The first kappa shape index (κ1) is 17.4. The second kappa shape index (κ2) is 7.23. The molecule has 2 aromatic carbocycles. The normalized spacial score (nSPS) is 12.5. The highest BCUT2D eigenvalue weighted by atomic mass is 32.2. The molecule has 0 aliphatic heterocycles. The third-order valence-electron chi connectivity index (χ3n) is 4.04. The number of carbonyl (C=O) groups excluding carboxylic acids is 1. The highest BCUT2D eigenvalue weighted by Crippen LogP contribution is 2.22. The molecular formula is C20H22N2O2S. The van der Waals surface area contributed by atoms with Gasteiger partial charge in [-0.2, -0.15) is 0 Å². The van der Waals surface area contributed by atoms with E-state index in [4.69, 9.17) is 0 Å². The fourth-order valence-electron chi connectivity index (χ4n) is 2.83. The molecule has 0 saturated carbocycles. The molecule has 1 amide bonds. The van der Waals surface area contributed by atoms with Crippen LogP contribution in [0.15, 0.2) is 59.6 Å². The summed E-state index contributed by atoms with van der Waals surface area (Å²) in [6, 6.07) is 14.9. The zero-order valence-electron chi connectivity index (χ0n) is 14.7. The average molecular weight is 354 g/mol. The van der Waals surface area contributed by atoms with E-state index in [1.54, 1.807) is 30.5 Å². The topological polar surface area (TPSA) is 51.1 Å². The number of nitrogens with one attached hydrogen (secondary N) is 1. The molecule has 0 radical (unpaired) electrons. The minimum atomic E-state index is -1.04. The van der Waals surface area contributed by atoms with Crippen molar-refractivity contribution < 1.29 is 9.00 Å². The van der Waals surface area contributed by atoms with Crippen LogP contribution >= 0.6 is 0 Å². The Bertz CT molecular complexity index is 927. The number of nitrogens with zero attached hydrogens (tertiary/aromatic N) is 1. The van der Waals surface area contributed by atoms with Gasteiger partial charge in [-0.05, 0) is 54.4 Å². The van der Waals surface area contributed by atoms with E-state index >= 15 is 0 Å². The van der Waals surface area contributed by atoms with E-state index < -0.39 is 10.8 Å². The van der Waals surface area contributed by atoms with Crippen molar-refractivity contribution in [1.29, 1.82) is 0 Å². The van der Waals surface area contributed by atoms with E-state index in [1.807, 2.05) is 18.2 Å². The molecule has 3 aromatic rings. The summed E-state index contributed by atoms with van der Waals surface area (Å²) in [5, 5.41) is 4.03. The lowest BCUT2D eigenvalue weighted by atomic mass is 10.2. The van der Waals surface area contributed by atoms with E-state index in [0.29, 0.717) is 16.4 Å². The Balaban J connectivity index is 1.78. The molecule has 4 nitrogen and oxygen atoms in total. The van der Waals surface area contributed by atoms with Crippen LogP contribution in [0.25, 0.3) is 10.9 Å². The van der Waals surface area contributed by atoms with Gasteiger partial charge in [0.15, 0.2) is 0 Å². The SMILES string of the molecule is CC(C)Cn1ccc2cc(NC(=O)c3ccc(S(C)=O)cc3)ccc21. The van der Waals surface area contributed by atoms with Crippen molar-refractivity contribution in [2.45, 2.75) is 25.3 Å². The molecule has 130 valence electrons. The number of rotatable bonds is 5. The van der Waals surface area contributed by atoms with Crippen molar-refractivity contribution in [2.24, 2.45) is 5.92 Å². The minimum Gasteiger partial charge on any atom is -0.347 e. The van der Waals surface area contributed by atoms with Crippen molar-refractivity contribution in [1.82, 2.24) is 4.57 Å². The van der Waals surface area contributed by atoms with Crippen LogP contribution < -0.4 is 5.32 Å². The third-order valence-corrected chi connectivity index (χ3v) is 4.98. The number of anilines is 1. The Labute approximate surface area is 150 Å². The van der Waals surface area contributed by atoms with Crippen molar-refractivity contribution in [3.8, 4) is 0 Å².